The van der Waals surface area contributed by atoms with Gasteiger partial charge in [0, 0.05) is 5.69 Å². The molecule has 0 saturated carbocycles. The van der Waals surface area contributed by atoms with Crippen LogP contribution < -0.4 is 21.5 Å². The molecule has 0 aliphatic rings. The van der Waals surface area contributed by atoms with Crippen molar-refractivity contribution in [3.8, 4) is 0 Å². The summed E-state index contributed by atoms with van der Waals surface area (Å²) < 4.78 is 25.6. The Morgan fingerprint density at radius 3 is 2.48 bits per heavy atom. The maximum Gasteiger partial charge on any atom is 0.241 e. The number of anilines is 1. The van der Waals surface area contributed by atoms with Crippen LogP contribution in [0.25, 0.3) is 0 Å². The van der Waals surface area contributed by atoms with Crippen molar-refractivity contribution in [3.63, 3.8) is 0 Å². The monoisotopic (exact) mass is 314 g/mol. The van der Waals surface area contributed by atoms with Crippen LogP contribution in [0.1, 0.15) is 12.0 Å². The van der Waals surface area contributed by atoms with E-state index in [0.29, 0.717) is 11.3 Å². The third-order valence-electron chi connectivity index (χ3n) is 2.80. The Morgan fingerprint density at radius 1 is 1.33 bits per heavy atom. The number of hydrogen-bond donors (Lipinski definition) is 4. The number of nitrogens with two attached hydrogens (primary N) is 2. The lowest BCUT2D eigenvalue weighted by Crippen LogP contribution is -2.39. The molecule has 0 saturated heterocycles. The van der Waals surface area contributed by atoms with Crippen LogP contribution in [0.5, 0.6) is 0 Å². The predicted octanol–water partition coefficient (Wildman–Crippen LogP) is -0.956. The van der Waals surface area contributed by atoms with E-state index in [2.05, 4.69) is 10.0 Å². The van der Waals surface area contributed by atoms with Crippen molar-refractivity contribution in [3.05, 3.63) is 23.8 Å². The number of benzene rings is 1. The number of primary amides is 1. The molecule has 0 radical (unpaired) electrons. The van der Waals surface area contributed by atoms with Gasteiger partial charge in [0.25, 0.3) is 0 Å². The molecule has 8 nitrogen and oxygen atoms in total. The predicted molar refractivity (Wildman–Crippen MR) is 77.8 cm³/mol. The standard InChI is InChI=1S/C12H18N4O4S/c1-7-3-4-8(21(19,20)15-2)5-10(7)16-12(18)9(13)6-11(14)17/h3-5,9,15H,6,13H2,1-2H3,(H2,14,17)(H,16,18). The third kappa shape index (κ3) is 4.52. The van der Waals surface area contributed by atoms with Gasteiger partial charge in [-0.05, 0) is 31.7 Å². The normalized spacial score (nSPS) is 12.7. The number of sulfonamides is 1. The fraction of sp³-hybridized carbons (Fsp3) is 0.333. The van der Waals surface area contributed by atoms with Crippen LogP contribution in [-0.4, -0.2) is 33.3 Å². The zero-order valence-electron chi connectivity index (χ0n) is 11.7. The number of carbonyl (C=O) groups excluding carboxylic acids is 2. The second-order valence-corrected chi connectivity index (χ2v) is 6.34. The summed E-state index contributed by atoms with van der Waals surface area (Å²) in [6.07, 6.45) is -0.292. The summed E-state index contributed by atoms with van der Waals surface area (Å²) in [4.78, 5) is 22.6. The molecular weight excluding hydrogens is 296 g/mol. The molecular formula is C12H18N4O4S. The lowest BCUT2D eigenvalue weighted by molar-refractivity contribution is -0.123. The Hall–Kier alpha value is -1.97. The molecule has 1 unspecified atom stereocenters. The molecule has 0 spiro atoms. The van der Waals surface area contributed by atoms with E-state index in [9.17, 15) is 18.0 Å². The lowest BCUT2D eigenvalue weighted by Gasteiger charge is -2.13. The second-order valence-electron chi connectivity index (χ2n) is 4.45. The average Bonchev–Trinajstić information content (AvgIpc) is 2.40. The largest absolute Gasteiger partial charge is 0.370 e. The highest BCUT2D eigenvalue weighted by Crippen LogP contribution is 2.20. The molecule has 21 heavy (non-hydrogen) atoms. The maximum atomic E-state index is 11.8. The van der Waals surface area contributed by atoms with E-state index < -0.39 is 27.9 Å². The van der Waals surface area contributed by atoms with Crippen molar-refractivity contribution in [1.29, 1.82) is 0 Å². The van der Waals surface area contributed by atoms with E-state index in [4.69, 9.17) is 11.5 Å². The maximum absolute atomic E-state index is 11.8. The first kappa shape index (κ1) is 17.1. The Kier molecular flexibility index (Phi) is 5.41. The van der Waals surface area contributed by atoms with Gasteiger partial charge in [-0.3, -0.25) is 9.59 Å². The summed E-state index contributed by atoms with van der Waals surface area (Å²) in [6, 6.07) is 3.20. The van der Waals surface area contributed by atoms with Crippen LogP contribution in [0.2, 0.25) is 0 Å². The van der Waals surface area contributed by atoms with Gasteiger partial charge < -0.3 is 16.8 Å². The van der Waals surface area contributed by atoms with E-state index >= 15 is 0 Å². The molecule has 1 aromatic carbocycles. The molecule has 116 valence electrons. The van der Waals surface area contributed by atoms with Crippen LogP contribution in [0.3, 0.4) is 0 Å². The molecule has 1 aromatic rings. The molecule has 0 fully saturated rings. The van der Waals surface area contributed by atoms with Gasteiger partial charge in [0.2, 0.25) is 21.8 Å². The Bertz CT molecular complexity index is 657. The molecule has 6 N–H and O–H groups in total. The topological polar surface area (TPSA) is 144 Å². The Balaban J connectivity index is 3.01. The summed E-state index contributed by atoms with van der Waals surface area (Å²) >= 11 is 0. The zero-order valence-corrected chi connectivity index (χ0v) is 12.5. The van der Waals surface area contributed by atoms with Crippen molar-refractivity contribution in [2.45, 2.75) is 24.3 Å². The van der Waals surface area contributed by atoms with Crippen molar-refractivity contribution >= 4 is 27.5 Å². The first-order valence-corrected chi connectivity index (χ1v) is 7.54. The van der Waals surface area contributed by atoms with Crippen LogP contribution >= 0.6 is 0 Å². The van der Waals surface area contributed by atoms with E-state index in [1.165, 1.54) is 19.2 Å². The third-order valence-corrected chi connectivity index (χ3v) is 4.22. The lowest BCUT2D eigenvalue weighted by atomic mass is 10.1. The minimum Gasteiger partial charge on any atom is -0.370 e. The summed E-state index contributed by atoms with van der Waals surface area (Å²) in [5, 5.41) is 2.49. The van der Waals surface area contributed by atoms with Gasteiger partial charge in [-0.25, -0.2) is 13.1 Å². The molecule has 1 rings (SSSR count). The molecule has 2 amide bonds. The van der Waals surface area contributed by atoms with Crippen molar-refractivity contribution in [1.82, 2.24) is 4.72 Å². The van der Waals surface area contributed by atoms with Gasteiger partial charge in [-0.2, -0.15) is 0 Å². The van der Waals surface area contributed by atoms with Gasteiger partial charge in [0.05, 0.1) is 17.4 Å². The number of rotatable bonds is 6. The highest BCUT2D eigenvalue weighted by molar-refractivity contribution is 7.89. The zero-order chi connectivity index (χ0) is 16.2. The summed E-state index contributed by atoms with van der Waals surface area (Å²) in [6.45, 7) is 1.70. The number of hydrogen-bond acceptors (Lipinski definition) is 5. The molecule has 0 heterocycles. The van der Waals surface area contributed by atoms with Crippen molar-refractivity contribution in [2.75, 3.05) is 12.4 Å². The average molecular weight is 314 g/mol. The first-order chi connectivity index (χ1) is 9.67. The smallest absolute Gasteiger partial charge is 0.241 e. The molecule has 0 aliphatic carbocycles. The fourth-order valence-electron chi connectivity index (χ4n) is 1.56. The van der Waals surface area contributed by atoms with E-state index in [1.807, 2.05) is 0 Å². The summed E-state index contributed by atoms with van der Waals surface area (Å²) in [5.41, 5.74) is 11.4. The van der Waals surface area contributed by atoms with E-state index in [1.54, 1.807) is 13.0 Å². The molecule has 0 aromatic heterocycles. The van der Waals surface area contributed by atoms with Crippen molar-refractivity contribution < 1.29 is 18.0 Å². The highest BCUT2D eigenvalue weighted by Gasteiger charge is 2.18. The molecule has 0 bridgehead atoms. The van der Waals surface area contributed by atoms with Crippen LogP contribution in [-0.2, 0) is 19.6 Å². The van der Waals surface area contributed by atoms with Crippen LogP contribution in [0.4, 0.5) is 5.69 Å². The SMILES string of the molecule is CNS(=O)(=O)c1ccc(C)c(NC(=O)C(N)CC(N)=O)c1. The number of carbonyl (C=O) groups is 2. The van der Waals surface area contributed by atoms with Crippen LogP contribution in [0.15, 0.2) is 23.1 Å². The summed E-state index contributed by atoms with van der Waals surface area (Å²) in [5.74, 6) is -1.31. The van der Waals surface area contributed by atoms with Gasteiger partial charge >= 0.3 is 0 Å². The van der Waals surface area contributed by atoms with E-state index in [0.717, 1.165) is 0 Å². The minimum absolute atomic E-state index is 0.00868. The second kappa shape index (κ2) is 6.66. The Labute approximate surface area is 122 Å². The number of amides is 2. The van der Waals surface area contributed by atoms with Gasteiger partial charge in [0.15, 0.2) is 0 Å². The summed E-state index contributed by atoms with van der Waals surface area (Å²) in [7, 11) is -2.33. The first-order valence-electron chi connectivity index (χ1n) is 6.06. The van der Waals surface area contributed by atoms with Crippen molar-refractivity contribution in [2.24, 2.45) is 11.5 Å². The quantitative estimate of drug-likeness (QED) is 0.534. The number of nitrogens with one attached hydrogen (secondary N) is 2. The highest BCUT2D eigenvalue weighted by atomic mass is 32.2. The molecule has 9 heteroatoms. The minimum atomic E-state index is -3.62. The van der Waals surface area contributed by atoms with Gasteiger partial charge in [-0.15, -0.1) is 0 Å². The van der Waals surface area contributed by atoms with Gasteiger partial charge in [0.1, 0.15) is 0 Å². The Morgan fingerprint density at radius 2 is 1.95 bits per heavy atom. The van der Waals surface area contributed by atoms with Gasteiger partial charge in [-0.1, -0.05) is 6.07 Å². The number of aryl methyl sites for hydroxylation is 1. The fourth-order valence-corrected chi connectivity index (χ4v) is 2.31. The van der Waals surface area contributed by atoms with Crippen LogP contribution in [0, 0.1) is 6.92 Å². The van der Waals surface area contributed by atoms with E-state index in [-0.39, 0.29) is 11.3 Å². The molecule has 1 atom stereocenters. The molecule has 0 aliphatic heterocycles.